The van der Waals surface area contributed by atoms with Crippen LogP contribution in [0.2, 0.25) is 0 Å². The summed E-state index contributed by atoms with van der Waals surface area (Å²) in [5.74, 6) is -3.64. The van der Waals surface area contributed by atoms with Crippen molar-refractivity contribution in [2.24, 2.45) is 0 Å². The first-order valence-corrected chi connectivity index (χ1v) is 5.03. The summed E-state index contributed by atoms with van der Waals surface area (Å²) in [6.07, 6.45) is -0.238. The highest BCUT2D eigenvalue weighted by Gasteiger charge is 2.23. The first kappa shape index (κ1) is 13.0. The molecule has 0 saturated heterocycles. The molecule has 17 heavy (non-hydrogen) atoms. The van der Waals surface area contributed by atoms with E-state index in [1.54, 1.807) is 0 Å². The normalized spacial score (nSPS) is 9.76. The summed E-state index contributed by atoms with van der Waals surface area (Å²) < 4.78 is 17.0. The molecule has 1 rings (SSSR count). The van der Waals surface area contributed by atoms with E-state index in [0.717, 1.165) is 0 Å². The second-order valence-corrected chi connectivity index (χ2v) is 3.28. The number of hydrogen-bond acceptors (Lipinski definition) is 4. The average molecular weight is 238 g/mol. The van der Waals surface area contributed by atoms with Crippen LogP contribution in [0.25, 0.3) is 0 Å². The average Bonchev–Trinajstić information content (AvgIpc) is 2.31. The number of carbonyl (C=O) groups excluding carboxylic acids is 3. The van der Waals surface area contributed by atoms with E-state index in [1.165, 1.54) is 31.2 Å². The zero-order chi connectivity index (χ0) is 12.8. The number of esters is 1. The van der Waals surface area contributed by atoms with E-state index >= 15 is 0 Å². The van der Waals surface area contributed by atoms with Gasteiger partial charge in [0.25, 0.3) is 0 Å². The van der Waals surface area contributed by atoms with Crippen LogP contribution in [0.1, 0.15) is 12.5 Å². The first-order chi connectivity index (χ1) is 8.04. The summed E-state index contributed by atoms with van der Waals surface area (Å²) in [4.78, 5) is 33.6. The second kappa shape index (κ2) is 5.89. The van der Waals surface area contributed by atoms with Gasteiger partial charge in [0.1, 0.15) is 5.82 Å². The lowest BCUT2D eigenvalue weighted by Crippen LogP contribution is -2.27. The van der Waals surface area contributed by atoms with E-state index in [0.29, 0.717) is 5.56 Å². The van der Waals surface area contributed by atoms with E-state index in [2.05, 4.69) is 4.74 Å². The number of ketones is 2. The third-order valence-electron chi connectivity index (χ3n) is 1.99. The lowest BCUT2D eigenvalue weighted by atomic mass is 10.1. The Labute approximate surface area is 97.4 Å². The largest absolute Gasteiger partial charge is 0.460 e. The van der Waals surface area contributed by atoms with Crippen molar-refractivity contribution < 1.29 is 23.5 Å². The van der Waals surface area contributed by atoms with Gasteiger partial charge in [-0.3, -0.25) is 9.59 Å². The first-order valence-electron chi connectivity index (χ1n) is 5.03. The van der Waals surface area contributed by atoms with Gasteiger partial charge in [-0.2, -0.15) is 0 Å². The number of carbonyl (C=O) groups is 3. The van der Waals surface area contributed by atoms with Crippen molar-refractivity contribution in [3.63, 3.8) is 0 Å². The van der Waals surface area contributed by atoms with E-state index in [9.17, 15) is 18.8 Å². The van der Waals surface area contributed by atoms with Crippen LogP contribution < -0.4 is 0 Å². The van der Waals surface area contributed by atoms with E-state index < -0.39 is 23.4 Å². The van der Waals surface area contributed by atoms with Crippen LogP contribution in [0.3, 0.4) is 0 Å². The SMILES string of the molecule is CCOC(=O)C(=O)C(=O)Cc1ccc(F)cc1. The van der Waals surface area contributed by atoms with Gasteiger partial charge in [-0.05, 0) is 24.6 Å². The molecule has 1 aromatic rings. The van der Waals surface area contributed by atoms with Crippen LogP contribution in [-0.4, -0.2) is 24.1 Å². The third-order valence-corrected chi connectivity index (χ3v) is 1.99. The van der Waals surface area contributed by atoms with Crippen LogP contribution in [0.5, 0.6) is 0 Å². The molecule has 90 valence electrons. The van der Waals surface area contributed by atoms with Crippen molar-refractivity contribution in [1.29, 1.82) is 0 Å². The Kier molecular flexibility index (Phi) is 4.51. The van der Waals surface area contributed by atoms with Gasteiger partial charge in [0, 0.05) is 6.42 Å². The van der Waals surface area contributed by atoms with Gasteiger partial charge in [-0.25, -0.2) is 9.18 Å². The molecule has 0 unspecified atom stereocenters. The molecule has 4 nitrogen and oxygen atoms in total. The number of benzene rings is 1. The highest BCUT2D eigenvalue weighted by molar-refractivity contribution is 6.62. The van der Waals surface area contributed by atoms with Crippen LogP contribution in [0, 0.1) is 5.82 Å². The Bertz CT molecular complexity index is 436. The molecule has 1 aromatic carbocycles. The standard InChI is InChI=1S/C12H11FO4/c1-2-17-12(16)11(15)10(14)7-8-3-5-9(13)6-4-8/h3-6H,2,7H2,1H3. The fourth-order valence-electron chi connectivity index (χ4n) is 1.18. The van der Waals surface area contributed by atoms with Crippen molar-refractivity contribution in [1.82, 2.24) is 0 Å². The van der Waals surface area contributed by atoms with Crippen LogP contribution in [0.15, 0.2) is 24.3 Å². The molecule has 0 aliphatic rings. The van der Waals surface area contributed by atoms with Crippen molar-refractivity contribution in [2.45, 2.75) is 13.3 Å². The molecule has 0 fully saturated rings. The molecule has 5 heteroatoms. The molecule has 0 saturated carbocycles. The Morgan fingerprint density at radius 2 is 1.76 bits per heavy atom. The second-order valence-electron chi connectivity index (χ2n) is 3.28. The summed E-state index contributed by atoms with van der Waals surface area (Å²) in [6.45, 7) is 1.57. The number of rotatable bonds is 5. The number of ether oxygens (including phenoxy) is 1. The Morgan fingerprint density at radius 3 is 2.29 bits per heavy atom. The van der Waals surface area contributed by atoms with Gasteiger partial charge in [-0.15, -0.1) is 0 Å². The monoisotopic (exact) mass is 238 g/mol. The van der Waals surface area contributed by atoms with Crippen LogP contribution in [0.4, 0.5) is 4.39 Å². The van der Waals surface area contributed by atoms with E-state index in [-0.39, 0.29) is 13.0 Å². The highest BCUT2D eigenvalue weighted by atomic mass is 19.1. The minimum Gasteiger partial charge on any atom is -0.460 e. The van der Waals surface area contributed by atoms with Gasteiger partial charge in [0.15, 0.2) is 0 Å². The Hall–Kier alpha value is -2.04. The molecule has 0 radical (unpaired) electrons. The topological polar surface area (TPSA) is 60.4 Å². The van der Waals surface area contributed by atoms with Crippen molar-refractivity contribution in [3.8, 4) is 0 Å². The Morgan fingerprint density at radius 1 is 1.18 bits per heavy atom. The molecular weight excluding hydrogens is 227 g/mol. The molecule has 0 N–H and O–H groups in total. The zero-order valence-corrected chi connectivity index (χ0v) is 9.23. The molecule has 0 aromatic heterocycles. The van der Waals surface area contributed by atoms with Crippen LogP contribution >= 0.6 is 0 Å². The third kappa shape index (κ3) is 3.79. The molecule has 0 bridgehead atoms. The molecular formula is C12H11FO4. The minimum absolute atomic E-state index is 0.0361. The fourth-order valence-corrected chi connectivity index (χ4v) is 1.18. The molecule has 0 atom stereocenters. The molecule has 0 aliphatic carbocycles. The van der Waals surface area contributed by atoms with Gasteiger partial charge >= 0.3 is 11.8 Å². The lowest BCUT2D eigenvalue weighted by Gasteiger charge is -2.01. The molecule has 0 heterocycles. The quantitative estimate of drug-likeness (QED) is 0.437. The molecule has 0 amide bonds. The maximum atomic E-state index is 12.6. The zero-order valence-electron chi connectivity index (χ0n) is 9.23. The summed E-state index contributed by atoms with van der Waals surface area (Å²) in [5, 5.41) is 0. The summed E-state index contributed by atoms with van der Waals surface area (Å²) >= 11 is 0. The van der Waals surface area contributed by atoms with Crippen molar-refractivity contribution in [3.05, 3.63) is 35.6 Å². The van der Waals surface area contributed by atoms with Gasteiger partial charge < -0.3 is 4.74 Å². The van der Waals surface area contributed by atoms with Gasteiger partial charge in [-0.1, -0.05) is 12.1 Å². The predicted molar refractivity (Wildman–Crippen MR) is 56.8 cm³/mol. The van der Waals surface area contributed by atoms with Gasteiger partial charge in [0.2, 0.25) is 5.78 Å². The summed E-state index contributed by atoms with van der Waals surface area (Å²) in [5.41, 5.74) is 0.467. The molecule has 0 spiro atoms. The fraction of sp³-hybridized carbons (Fsp3) is 0.250. The minimum atomic E-state index is -1.18. The van der Waals surface area contributed by atoms with Crippen LogP contribution in [-0.2, 0) is 25.5 Å². The van der Waals surface area contributed by atoms with Crippen molar-refractivity contribution >= 4 is 17.5 Å². The number of halogens is 1. The van der Waals surface area contributed by atoms with Crippen molar-refractivity contribution in [2.75, 3.05) is 6.61 Å². The highest BCUT2D eigenvalue weighted by Crippen LogP contribution is 2.04. The number of hydrogen-bond donors (Lipinski definition) is 0. The Balaban J connectivity index is 2.63. The maximum absolute atomic E-state index is 12.6. The summed E-state index contributed by atoms with van der Waals surface area (Å²) in [7, 11) is 0. The van der Waals surface area contributed by atoms with Gasteiger partial charge in [0.05, 0.1) is 6.61 Å². The molecule has 0 aliphatic heterocycles. The predicted octanol–water partition coefficient (Wildman–Crippen LogP) is 1.07. The smallest absolute Gasteiger partial charge is 0.382 e. The lowest BCUT2D eigenvalue weighted by molar-refractivity contribution is -0.156. The maximum Gasteiger partial charge on any atom is 0.382 e. The number of Topliss-reactive ketones (excluding diaryl/α,β-unsaturated/α-hetero) is 2. The summed E-state index contributed by atoms with van der Waals surface area (Å²) in [6, 6.07) is 5.12. The van der Waals surface area contributed by atoms with E-state index in [1.807, 2.05) is 0 Å². The van der Waals surface area contributed by atoms with E-state index in [4.69, 9.17) is 0 Å².